The minimum absolute atomic E-state index is 0.0274. The van der Waals surface area contributed by atoms with E-state index in [-0.39, 0.29) is 12.4 Å². The second-order valence-electron chi connectivity index (χ2n) is 5.80. The molecule has 120 valence electrons. The molecule has 0 spiro atoms. The van der Waals surface area contributed by atoms with Gasteiger partial charge in [-0.05, 0) is 45.4 Å². The molecule has 0 aromatic heterocycles. The molecular weight excluding hydrogens is 364 g/mol. The van der Waals surface area contributed by atoms with Crippen molar-refractivity contribution < 1.29 is 17.2 Å². The standard InChI is InChI=1S/C8H16FNO2S.C6H4BrF/c1-8(2,3)13(11,12)10-5-4-7(9)6-10;7-5-2-1-3-6(8)4-5/h7H,4-6H2,1-3H3;1-4H. The highest BCUT2D eigenvalue weighted by atomic mass is 79.9. The van der Waals surface area contributed by atoms with E-state index in [2.05, 4.69) is 15.9 Å². The van der Waals surface area contributed by atoms with Crippen molar-refractivity contribution >= 4 is 26.0 Å². The zero-order valence-corrected chi connectivity index (χ0v) is 14.7. The van der Waals surface area contributed by atoms with Gasteiger partial charge in [-0.15, -0.1) is 0 Å². The molecule has 0 radical (unpaired) electrons. The molecule has 0 N–H and O–H groups in total. The van der Waals surface area contributed by atoms with E-state index in [0.29, 0.717) is 13.0 Å². The normalized spacial score (nSPS) is 20.0. The van der Waals surface area contributed by atoms with Gasteiger partial charge in [-0.25, -0.2) is 17.2 Å². The fraction of sp³-hybridized carbons (Fsp3) is 0.571. The Morgan fingerprint density at radius 2 is 1.95 bits per heavy atom. The van der Waals surface area contributed by atoms with Crippen LogP contribution in [-0.2, 0) is 10.0 Å². The third-order valence-corrected chi connectivity index (χ3v) is 6.05. The molecule has 21 heavy (non-hydrogen) atoms. The Hall–Kier alpha value is -0.530. The number of sulfonamides is 1. The van der Waals surface area contributed by atoms with Gasteiger partial charge >= 0.3 is 0 Å². The Labute approximate surface area is 133 Å². The smallest absolute Gasteiger partial charge is 0.219 e. The monoisotopic (exact) mass is 383 g/mol. The van der Waals surface area contributed by atoms with Crippen molar-refractivity contribution in [3.8, 4) is 0 Å². The Morgan fingerprint density at radius 3 is 2.29 bits per heavy atom. The number of rotatable bonds is 1. The molecule has 0 amide bonds. The number of benzene rings is 1. The van der Waals surface area contributed by atoms with Crippen LogP contribution in [0.2, 0.25) is 0 Å². The van der Waals surface area contributed by atoms with Crippen LogP contribution in [0.4, 0.5) is 8.78 Å². The van der Waals surface area contributed by atoms with Gasteiger partial charge in [0.1, 0.15) is 12.0 Å². The van der Waals surface area contributed by atoms with Gasteiger partial charge in [-0.2, -0.15) is 4.31 Å². The fourth-order valence-corrected chi connectivity index (χ4v) is 3.60. The first kappa shape index (κ1) is 18.5. The van der Waals surface area contributed by atoms with Gasteiger partial charge in [0.05, 0.1) is 4.75 Å². The zero-order valence-electron chi connectivity index (χ0n) is 12.3. The number of nitrogens with zero attached hydrogens (tertiary/aromatic N) is 1. The molecule has 1 aromatic rings. The zero-order chi connectivity index (χ0) is 16.3. The van der Waals surface area contributed by atoms with Gasteiger partial charge in [0.2, 0.25) is 10.0 Å². The van der Waals surface area contributed by atoms with Crippen molar-refractivity contribution in [2.24, 2.45) is 0 Å². The first-order valence-corrected chi connectivity index (χ1v) is 8.82. The van der Waals surface area contributed by atoms with Crippen LogP contribution in [0.25, 0.3) is 0 Å². The van der Waals surface area contributed by atoms with Gasteiger partial charge in [-0.1, -0.05) is 22.0 Å². The van der Waals surface area contributed by atoms with Crippen molar-refractivity contribution in [3.05, 3.63) is 34.6 Å². The lowest BCUT2D eigenvalue weighted by atomic mass is 10.3. The summed E-state index contributed by atoms with van der Waals surface area (Å²) >= 11 is 3.12. The van der Waals surface area contributed by atoms with Crippen LogP contribution in [0.3, 0.4) is 0 Å². The summed E-state index contributed by atoms with van der Waals surface area (Å²) in [6.07, 6.45) is -0.660. The molecule has 1 aliphatic rings. The van der Waals surface area contributed by atoms with Crippen molar-refractivity contribution in [1.29, 1.82) is 0 Å². The van der Waals surface area contributed by atoms with Crippen molar-refractivity contribution in [2.45, 2.75) is 38.1 Å². The first-order chi connectivity index (χ1) is 9.54. The highest BCUT2D eigenvalue weighted by Gasteiger charge is 2.39. The molecule has 1 unspecified atom stereocenters. The summed E-state index contributed by atoms with van der Waals surface area (Å²) in [6.45, 7) is 5.25. The maximum Gasteiger partial charge on any atom is 0.219 e. The molecule has 0 bridgehead atoms. The van der Waals surface area contributed by atoms with E-state index < -0.39 is 20.9 Å². The molecular formula is C14H20BrF2NO2S. The Balaban J connectivity index is 0.000000235. The maximum absolute atomic E-state index is 12.8. The number of halogens is 3. The maximum atomic E-state index is 12.8. The van der Waals surface area contributed by atoms with Crippen LogP contribution in [-0.4, -0.2) is 36.7 Å². The third-order valence-electron chi connectivity index (χ3n) is 2.99. The van der Waals surface area contributed by atoms with E-state index in [1.54, 1.807) is 32.9 Å². The van der Waals surface area contributed by atoms with Crippen molar-refractivity contribution in [3.63, 3.8) is 0 Å². The number of hydrogen-bond donors (Lipinski definition) is 0. The van der Waals surface area contributed by atoms with E-state index >= 15 is 0 Å². The average molecular weight is 384 g/mol. The molecule has 0 aliphatic carbocycles. The minimum Gasteiger partial charge on any atom is -0.246 e. The topological polar surface area (TPSA) is 37.4 Å². The summed E-state index contributed by atoms with van der Waals surface area (Å²) in [5.74, 6) is -0.209. The average Bonchev–Trinajstić information content (AvgIpc) is 2.75. The van der Waals surface area contributed by atoms with E-state index in [1.807, 2.05) is 0 Å². The number of alkyl halides is 1. The Kier molecular flexibility index (Phi) is 6.31. The van der Waals surface area contributed by atoms with Gasteiger partial charge in [0.15, 0.2) is 0 Å². The molecule has 1 aromatic carbocycles. The molecule has 1 heterocycles. The predicted octanol–water partition coefficient (Wildman–Crippen LogP) is 3.75. The highest BCUT2D eigenvalue weighted by molar-refractivity contribution is 9.10. The Bertz CT molecular complexity index is 555. The molecule has 1 fully saturated rings. The van der Waals surface area contributed by atoms with E-state index in [0.717, 1.165) is 4.47 Å². The predicted molar refractivity (Wildman–Crippen MR) is 83.9 cm³/mol. The first-order valence-electron chi connectivity index (χ1n) is 6.59. The molecule has 1 atom stereocenters. The summed E-state index contributed by atoms with van der Waals surface area (Å²) in [6, 6.07) is 6.26. The van der Waals surface area contributed by atoms with Gasteiger partial charge in [0, 0.05) is 17.6 Å². The molecule has 2 rings (SSSR count). The highest BCUT2D eigenvalue weighted by Crippen LogP contribution is 2.25. The van der Waals surface area contributed by atoms with Gasteiger partial charge in [0.25, 0.3) is 0 Å². The summed E-state index contributed by atoms with van der Waals surface area (Å²) in [5.41, 5.74) is 0. The second-order valence-corrected chi connectivity index (χ2v) is 9.41. The van der Waals surface area contributed by atoms with Crippen LogP contribution in [0.1, 0.15) is 27.2 Å². The molecule has 7 heteroatoms. The van der Waals surface area contributed by atoms with Gasteiger partial charge in [-0.3, -0.25) is 0 Å². The van der Waals surface area contributed by atoms with E-state index in [9.17, 15) is 17.2 Å². The SMILES string of the molecule is CC(C)(C)S(=O)(=O)N1CCC(F)C1.Fc1cccc(Br)c1. The summed E-state index contributed by atoms with van der Waals surface area (Å²) < 4.78 is 49.6. The molecule has 3 nitrogen and oxygen atoms in total. The van der Waals surface area contributed by atoms with Gasteiger partial charge < -0.3 is 0 Å². The summed E-state index contributed by atoms with van der Waals surface area (Å²) in [7, 11) is -3.32. The lowest BCUT2D eigenvalue weighted by Gasteiger charge is -2.26. The largest absolute Gasteiger partial charge is 0.246 e. The quantitative estimate of drug-likeness (QED) is 0.740. The lowest BCUT2D eigenvalue weighted by molar-refractivity contribution is 0.340. The molecule has 1 aliphatic heterocycles. The van der Waals surface area contributed by atoms with Crippen LogP contribution in [0.15, 0.2) is 28.7 Å². The molecule has 0 saturated carbocycles. The fourth-order valence-electron chi connectivity index (χ4n) is 1.75. The molecule has 1 saturated heterocycles. The van der Waals surface area contributed by atoms with E-state index in [1.165, 1.54) is 16.4 Å². The van der Waals surface area contributed by atoms with Crippen LogP contribution in [0, 0.1) is 5.82 Å². The summed E-state index contributed by atoms with van der Waals surface area (Å²) in [5, 5.41) is 0. The van der Waals surface area contributed by atoms with Crippen LogP contribution >= 0.6 is 15.9 Å². The lowest BCUT2D eigenvalue weighted by Crippen LogP contribution is -2.41. The van der Waals surface area contributed by atoms with Crippen molar-refractivity contribution in [1.82, 2.24) is 4.31 Å². The van der Waals surface area contributed by atoms with Crippen molar-refractivity contribution in [2.75, 3.05) is 13.1 Å². The third kappa shape index (κ3) is 5.30. The second kappa shape index (κ2) is 7.15. The van der Waals surface area contributed by atoms with Crippen LogP contribution in [0.5, 0.6) is 0 Å². The minimum atomic E-state index is -3.32. The Morgan fingerprint density at radius 1 is 1.33 bits per heavy atom. The summed E-state index contributed by atoms with van der Waals surface area (Å²) in [4.78, 5) is 0. The van der Waals surface area contributed by atoms with E-state index in [4.69, 9.17) is 0 Å². The van der Waals surface area contributed by atoms with Crippen LogP contribution < -0.4 is 0 Å². The number of hydrogen-bond acceptors (Lipinski definition) is 2.